The Balaban J connectivity index is 2.49. The van der Waals surface area contributed by atoms with Crippen molar-refractivity contribution in [1.82, 2.24) is 5.43 Å². The van der Waals surface area contributed by atoms with E-state index in [0.717, 1.165) is 17.7 Å². The van der Waals surface area contributed by atoms with E-state index in [9.17, 15) is 0 Å². The molecule has 0 aromatic heterocycles. The largest absolute Gasteiger partial charge is 0.496 e. The second-order valence-corrected chi connectivity index (χ2v) is 4.27. The maximum Gasteiger partial charge on any atom is 0.203 e. The summed E-state index contributed by atoms with van der Waals surface area (Å²) < 4.78 is 21.7. The summed E-state index contributed by atoms with van der Waals surface area (Å²) in [6, 6.07) is 3.41. The predicted molar refractivity (Wildman–Crippen MR) is 74.8 cm³/mol. The van der Waals surface area contributed by atoms with Crippen molar-refractivity contribution in [2.24, 2.45) is 5.84 Å². The Morgan fingerprint density at radius 3 is 2.40 bits per heavy atom. The third kappa shape index (κ3) is 2.52. The Morgan fingerprint density at radius 2 is 1.90 bits per heavy atom. The molecular weight excluding hydrogens is 260 g/mol. The summed E-state index contributed by atoms with van der Waals surface area (Å²) in [5.41, 5.74) is 3.59. The zero-order valence-corrected chi connectivity index (χ0v) is 11.9. The van der Waals surface area contributed by atoms with Gasteiger partial charge in [-0.2, -0.15) is 0 Å². The van der Waals surface area contributed by atoms with Gasteiger partial charge in [-0.1, -0.05) is 0 Å². The van der Waals surface area contributed by atoms with E-state index in [0.29, 0.717) is 23.9 Å². The van der Waals surface area contributed by atoms with Crippen molar-refractivity contribution in [3.8, 4) is 17.2 Å². The molecule has 20 heavy (non-hydrogen) atoms. The van der Waals surface area contributed by atoms with Crippen molar-refractivity contribution >= 4 is 0 Å². The summed E-state index contributed by atoms with van der Waals surface area (Å²) in [6.45, 7) is 0.670. The van der Waals surface area contributed by atoms with Crippen molar-refractivity contribution in [2.45, 2.75) is 12.5 Å². The minimum Gasteiger partial charge on any atom is -0.496 e. The zero-order valence-electron chi connectivity index (χ0n) is 11.9. The molecule has 0 bridgehead atoms. The van der Waals surface area contributed by atoms with Gasteiger partial charge in [0.2, 0.25) is 5.75 Å². The van der Waals surface area contributed by atoms with Gasteiger partial charge in [-0.05, 0) is 18.2 Å². The molecule has 0 saturated heterocycles. The van der Waals surface area contributed by atoms with E-state index in [2.05, 4.69) is 5.43 Å². The van der Waals surface area contributed by atoms with Crippen molar-refractivity contribution in [2.75, 3.05) is 27.9 Å². The average Bonchev–Trinajstić information content (AvgIpc) is 3.01. The van der Waals surface area contributed by atoms with Crippen LogP contribution in [0.4, 0.5) is 0 Å². The monoisotopic (exact) mass is 280 g/mol. The van der Waals surface area contributed by atoms with Crippen LogP contribution in [-0.2, 0) is 4.74 Å². The molecule has 0 fully saturated rings. The van der Waals surface area contributed by atoms with Crippen LogP contribution in [0, 0.1) is 0 Å². The highest BCUT2D eigenvalue weighted by molar-refractivity contribution is 5.57. The summed E-state index contributed by atoms with van der Waals surface area (Å²) >= 11 is 0. The Labute approximate surface area is 118 Å². The maximum atomic E-state index is 5.67. The molecule has 0 saturated carbocycles. The van der Waals surface area contributed by atoms with Crippen LogP contribution in [0.5, 0.6) is 17.2 Å². The predicted octanol–water partition coefficient (Wildman–Crippen LogP) is 1.52. The van der Waals surface area contributed by atoms with E-state index in [1.54, 1.807) is 21.3 Å². The van der Waals surface area contributed by atoms with Crippen LogP contribution < -0.4 is 25.5 Å². The third-order valence-corrected chi connectivity index (χ3v) is 3.23. The molecule has 1 heterocycles. The number of hydrogen-bond donors (Lipinski definition) is 2. The highest BCUT2D eigenvalue weighted by Gasteiger charge is 2.26. The Morgan fingerprint density at radius 1 is 1.15 bits per heavy atom. The van der Waals surface area contributed by atoms with Crippen LogP contribution in [0.25, 0.3) is 0 Å². The van der Waals surface area contributed by atoms with Crippen molar-refractivity contribution in [1.29, 1.82) is 0 Å². The standard InChI is InChI=1S/C14H20N2O4/c1-17-11-7-6-9(13(18-2)14(11)19-3)12(16-15)10-5-4-8-20-10/h5-7,12,16H,4,8,15H2,1-3H3. The SMILES string of the molecule is COc1ccc(C(NN)C2=CCCO2)c(OC)c1OC. The Kier molecular flexibility index (Phi) is 4.70. The van der Waals surface area contributed by atoms with Gasteiger partial charge in [-0.15, -0.1) is 0 Å². The fourth-order valence-corrected chi connectivity index (χ4v) is 2.31. The molecule has 1 aromatic carbocycles. The normalized spacial score (nSPS) is 15.3. The summed E-state index contributed by atoms with van der Waals surface area (Å²) in [5.74, 6) is 8.17. The molecule has 6 heteroatoms. The Hall–Kier alpha value is -1.92. The average molecular weight is 280 g/mol. The van der Waals surface area contributed by atoms with Crippen LogP contribution in [0.3, 0.4) is 0 Å². The number of nitrogens with one attached hydrogen (secondary N) is 1. The summed E-state index contributed by atoms with van der Waals surface area (Å²) in [6.07, 6.45) is 2.89. The summed E-state index contributed by atoms with van der Waals surface area (Å²) in [7, 11) is 4.73. The van der Waals surface area contributed by atoms with E-state index >= 15 is 0 Å². The lowest BCUT2D eigenvalue weighted by Crippen LogP contribution is -2.30. The third-order valence-electron chi connectivity index (χ3n) is 3.23. The second-order valence-electron chi connectivity index (χ2n) is 4.27. The van der Waals surface area contributed by atoms with Gasteiger partial charge in [0.1, 0.15) is 11.8 Å². The highest BCUT2D eigenvalue weighted by atomic mass is 16.5. The Bertz CT molecular complexity index is 502. The minimum atomic E-state index is -0.285. The van der Waals surface area contributed by atoms with Crippen LogP contribution >= 0.6 is 0 Å². The van der Waals surface area contributed by atoms with Crippen molar-refractivity contribution in [3.63, 3.8) is 0 Å². The first-order valence-electron chi connectivity index (χ1n) is 6.34. The number of hydrogen-bond acceptors (Lipinski definition) is 6. The zero-order chi connectivity index (χ0) is 14.5. The van der Waals surface area contributed by atoms with Crippen LogP contribution in [0.1, 0.15) is 18.0 Å². The molecule has 0 amide bonds. The molecular formula is C14H20N2O4. The molecule has 0 radical (unpaired) electrons. The van der Waals surface area contributed by atoms with Crippen LogP contribution in [0.2, 0.25) is 0 Å². The molecule has 110 valence electrons. The highest BCUT2D eigenvalue weighted by Crippen LogP contribution is 2.43. The van der Waals surface area contributed by atoms with E-state index in [1.165, 1.54) is 0 Å². The van der Waals surface area contributed by atoms with Gasteiger partial charge >= 0.3 is 0 Å². The molecule has 1 aromatic rings. The number of rotatable bonds is 6. The minimum absolute atomic E-state index is 0.285. The summed E-state index contributed by atoms with van der Waals surface area (Å²) in [4.78, 5) is 0. The number of nitrogens with two attached hydrogens (primary N) is 1. The number of methoxy groups -OCH3 is 3. The van der Waals surface area contributed by atoms with E-state index in [-0.39, 0.29) is 6.04 Å². The van der Waals surface area contributed by atoms with Gasteiger partial charge in [-0.3, -0.25) is 5.84 Å². The fourth-order valence-electron chi connectivity index (χ4n) is 2.31. The molecule has 2 rings (SSSR count). The quantitative estimate of drug-likeness (QED) is 0.608. The van der Waals surface area contributed by atoms with Crippen LogP contribution in [0.15, 0.2) is 24.0 Å². The molecule has 3 N–H and O–H groups in total. The molecule has 1 atom stereocenters. The van der Waals surface area contributed by atoms with Gasteiger partial charge in [-0.25, -0.2) is 5.43 Å². The summed E-state index contributed by atoms with van der Waals surface area (Å²) in [5, 5.41) is 0. The van der Waals surface area contributed by atoms with Crippen molar-refractivity contribution < 1.29 is 18.9 Å². The van der Waals surface area contributed by atoms with Gasteiger partial charge in [0.25, 0.3) is 0 Å². The van der Waals surface area contributed by atoms with Crippen LogP contribution in [-0.4, -0.2) is 27.9 Å². The molecule has 0 aliphatic carbocycles. The van der Waals surface area contributed by atoms with Gasteiger partial charge in [0, 0.05) is 12.0 Å². The van der Waals surface area contributed by atoms with Gasteiger partial charge in [0.15, 0.2) is 11.5 Å². The lowest BCUT2D eigenvalue weighted by atomic mass is 10.0. The fraction of sp³-hybridized carbons (Fsp3) is 0.429. The first-order chi connectivity index (χ1) is 9.76. The van der Waals surface area contributed by atoms with E-state index in [4.69, 9.17) is 24.8 Å². The van der Waals surface area contributed by atoms with Crippen molar-refractivity contribution in [3.05, 3.63) is 29.5 Å². The molecule has 6 nitrogen and oxygen atoms in total. The molecule has 1 aliphatic rings. The lowest BCUT2D eigenvalue weighted by Gasteiger charge is -2.22. The topological polar surface area (TPSA) is 75.0 Å². The second kappa shape index (κ2) is 6.49. The first kappa shape index (κ1) is 14.5. The molecule has 1 unspecified atom stereocenters. The number of hydrazine groups is 1. The smallest absolute Gasteiger partial charge is 0.203 e. The van der Waals surface area contributed by atoms with Gasteiger partial charge in [0.05, 0.1) is 27.9 Å². The number of ether oxygens (including phenoxy) is 4. The van der Waals surface area contributed by atoms with E-state index < -0.39 is 0 Å². The molecule has 1 aliphatic heterocycles. The molecule has 0 spiro atoms. The first-order valence-corrected chi connectivity index (χ1v) is 6.34. The lowest BCUT2D eigenvalue weighted by molar-refractivity contribution is 0.214. The van der Waals surface area contributed by atoms with Gasteiger partial charge < -0.3 is 18.9 Å². The van der Waals surface area contributed by atoms with E-state index in [1.807, 2.05) is 18.2 Å². The maximum absolute atomic E-state index is 5.67. The number of benzene rings is 1.